The second-order valence-electron chi connectivity index (χ2n) is 7.80. The van der Waals surface area contributed by atoms with Crippen molar-refractivity contribution in [2.24, 2.45) is 0 Å². The molecule has 2 aromatic carbocycles. The molecule has 10 heteroatoms. The summed E-state index contributed by atoms with van der Waals surface area (Å²) in [4.78, 5) is 8.47. The van der Waals surface area contributed by atoms with Gasteiger partial charge in [0.05, 0.1) is 0 Å². The molecule has 3 aromatic rings. The Balaban J connectivity index is 1.69. The molecule has 4 rings (SSSR count). The molecule has 1 aliphatic heterocycles. The zero-order valence-electron chi connectivity index (χ0n) is 17.6. The third kappa shape index (κ3) is 4.17. The molecule has 0 amide bonds. The lowest BCUT2D eigenvalue weighted by atomic mass is 9.76. The van der Waals surface area contributed by atoms with Crippen LogP contribution < -0.4 is 20.6 Å². The molecule has 3 N–H and O–H groups in total. The minimum Gasteiger partial charge on any atom is -0.423 e. The second kappa shape index (κ2) is 8.48. The van der Waals surface area contributed by atoms with Crippen LogP contribution in [0.5, 0.6) is 0 Å². The van der Waals surface area contributed by atoms with Crippen LogP contribution in [-0.2, 0) is 13.0 Å². The van der Waals surface area contributed by atoms with E-state index in [2.05, 4.69) is 15.5 Å². The first-order valence-electron chi connectivity index (χ1n) is 10.0. The summed E-state index contributed by atoms with van der Waals surface area (Å²) in [6.07, 6.45) is 0.633. The topological polar surface area (TPSA) is 97.6 Å². The van der Waals surface area contributed by atoms with Gasteiger partial charge < -0.3 is 25.2 Å². The van der Waals surface area contributed by atoms with Gasteiger partial charge >= 0.3 is 7.12 Å². The lowest BCUT2D eigenvalue weighted by Crippen LogP contribution is -2.32. The largest absolute Gasteiger partial charge is 0.488 e. The van der Waals surface area contributed by atoms with Gasteiger partial charge in [0.1, 0.15) is 5.82 Å². The first-order valence-corrected chi connectivity index (χ1v) is 10.0. The van der Waals surface area contributed by atoms with Crippen LogP contribution in [0.1, 0.15) is 18.1 Å². The van der Waals surface area contributed by atoms with Crippen molar-refractivity contribution in [2.75, 3.05) is 29.2 Å². The fourth-order valence-electron chi connectivity index (χ4n) is 3.88. The van der Waals surface area contributed by atoms with Gasteiger partial charge in [-0.1, -0.05) is 24.3 Å². The third-order valence-corrected chi connectivity index (χ3v) is 5.31. The van der Waals surface area contributed by atoms with Crippen molar-refractivity contribution >= 4 is 35.9 Å². The third-order valence-electron chi connectivity index (χ3n) is 5.31. The molecule has 1 unspecified atom stereocenters. The molecule has 160 valence electrons. The van der Waals surface area contributed by atoms with E-state index in [0.29, 0.717) is 36.0 Å². The minimum absolute atomic E-state index is 0.0120. The summed E-state index contributed by atoms with van der Waals surface area (Å²) in [5.74, 6) is 1.20. The van der Waals surface area contributed by atoms with Crippen molar-refractivity contribution in [1.82, 2.24) is 15.2 Å². The van der Waals surface area contributed by atoms with E-state index in [1.807, 2.05) is 38.1 Å². The van der Waals surface area contributed by atoms with Gasteiger partial charge in [0, 0.05) is 32.4 Å². The number of nitrogens with zero attached hydrogens (tertiary/aromatic N) is 5. The molecule has 0 bridgehead atoms. The van der Waals surface area contributed by atoms with E-state index in [1.165, 1.54) is 12.1 Å². The van der Waals surface area contributed by atoms with Crippen LogP contribution in [0.2, 0.25) is 0 Å². The Bertz CT molecular complexity index is 1100. The number of fused-ring (bicyclic) bond motifs is 1. The highest BCUT2D eigenvalue weighted by atomic mass is 19.1. The Labute approximate surface area is 180 Å². The average molecular weight is 422 g/mol. The van der Waals surface area contributed by atoms with Crippen LogP contribution in [0.4, 0.5) is 27.7 Å². The van der Waals surface area contributed by atoms with Crippen molar-refractivity contribution in [3.63, 3.8) is 0 Å². The summed E-state index contributed by atoms with van der Waals surface area (Å²) < 4.78 is 13.5. The molecule has 0 spiro atoms. The lowest BCUT2D eigenvalue weighted by Gasteiger charge is -2.24. The summed E-state index contributed by atoms with van der Waals surface area (Å²) >= 11 is 0. The lowest BCUT2D eigenvalue weighted by molar-refractivity contribution is 0.425. The maximum atomic E-state index is 13.5. The van der Waals surface area contributed by atoms with Crippen molar-refractivity contribution in [3.05, 3.63) is 59.4 Å². The molecular weight excluding hydrogens is 398 g/mol. The zero-order valence-corrected chi connectivity index (χ0v) is 17.6. The second-order valence-corrected chi connectivity index (χ2v) is 7.80. The van der Waals surface area contributed by atoms with Crippen LogP contribution in [0.25, 0.3) is 0 Å². The molecular formula is C21H24BFN6O2. The summed E-state index contributed by atoms with van der Waals surface area (Å²) in [5, 5.41) is 31.4. The van der Waals surface area contributed by atoms with Crippen LogP contribution >= 0.6 is 0 Å². The van der Waals surface area contributed by atoms with E-state index in [1.54, 1.807) is 23.1 Å². The number of anilines is 4. The standard InChI is InChI=1S/C21H24BFN6O2/c1-13-10-16-17(22(30)31)8-5-9-18(16)29(13)21-25-19(20(26-27-21)28(2)3)24-12-14-6-4-7-15(23)11-14/h4-9,11,13,30-31H,10,12H2,1-3H3,(H,24,25,27). The SMILES string of the molecule is CC1Cc2c(B(O)O)cccc2N1c1nnc(N(C)C)c(NCc2cccc(F)c2)n1. The Hall–Kier alpha value is -3.24. The van der Waals surface area contributed by atoms with Gasteiger partial charge in [-0.05, 0) is 48.1 Å². The maximum absolute atomic E-state index is 13.5. The molecule has 1 atom stereocenters. The molecule has 0 fully saturated rings. The monoisotopic (exact) mass is 422 g/mol. The van der Waals surface area contributed by atoms with Crippen molar-refractivity contribution in [1.29, 1.82) is 0 Å². The predicted octanol–water partition coefficient (Wildman–Crippen LogP) is 1.45. The van der Waals surface area contributed by atoms with Crippen molar-refractivity contribution < 1.29 is 14.4 Å². The summed E-state index contributed by atoms with van der Waals surface area (Å²) in [7, 11) is 2.16. The molecule has 8 nitrogen and oxygen atoms in total. The highest BCUT2D eigenvalue weighted by molar-refractivity contribution is 6.59. The van der Waals surface area contributed by atoms with Gasteiger partial charge in [0.25, 0.3) is 5.95 Å². The number of hydrogen-bond donors (Lipinski definition) is 3. The highest BCUT2D eigenvalue weighted by Crippen LogP contribution is 2.36. The average Bonchev–Trinajstić information content (AvgIpc) is 3.07. The number of halogens is 1. The van der Waals surface area contributed by atoms with Crippen LogP contribution in [0.3, 0.4) is 0 Å². The summed E-state index contributed by atoms with van der Waals surface area (Å²) in [6.45, 7) is 2.40. The van der Waals surface area contributed by atoms with Crippen LogP contribution in [0, 0.1) is 5.82 Å². The van der Waals surface area contributed by atoms with E-state index in [0.717, 1.165) is 16.8 Å². The number of hydrogen-bond acceptors (Lipinski definition) is 8. The van der Waals surface area contributed by atoms with Crippen LogP contribution in [0.15, 0.2) is 42.5 Å². The molecule has 0 radical (unpaired) electrons. The smallest absolute Gasteiger partial charge is 0.423 e. The number of aromatic nitrogens is 3. The summed E-state index contributed by atoms with van der Waals surface area (Å²) in [5.41, 5.74) is 2.95. The molecule has 2 heterocycles. The van der Waals surface area contributed by atoms with Gasteiger partial charge in [-0.2, -0.15) is 4.98 Å². The predicted molar refractivity (Wildman–Crippen MR) is 119 cm³/mol. The zero-order chi connectivity index (χ0) is 22.1. The number of rotatable bonds is 6. The molecule has 0 aliphatic carbocycles. The molecule has 1 aromatic heterocycles. The minimum atomic E-state index is -1.54. The van der Waals surface area contributed by atoms with Gasteiger partial charge in [0.2, 0.25) is 0 Å². The van der Waals surface area contributed by atoms with E-state index < -0.39 is 7.12 Å². The van der Waals surface area contributed by atoms with E-state index in [9.17, 15) is 14.4 Å². The molecule has 0 saturated carbocycles. The molecule has 0 saturated heterocycles. The maximum Gasteiger partial charge on any atom is 0.488 e. The Morgan fingerprint density at radius 2 is 1.97 bits per heavy atom. The number of nitrogens with one attached hydrogen (secondary N) is 1. The van der Waals surface area contributed by atoms with Gasteiger partial charge in [0.15, 0.2) is 11.6 Å². The molecule has 1 aliphatic rings. The Morgan fingerprint density at radius 1 is 1.19 bits per heavy atom. The van der Waals surface area contributed by atoms with E-state index >= 15 is 0 Å². The van der Waals surface area contributed by atoms with E-state index in [-0.39, 0.29) is 11.9 Å². The Morgan fingerprint density at radius 3 is 2.68 bits per heavy atom. The molecule has 31 heavy (non-hydrogen) atoms. The normalized spacial score (nSPS) is 15.0. The highest BCUT2D eigenvalue weighted by Gasteiger charge is 2.33. The van der Waals surface area contributed by atoms with Gasteiger partial charge in [-0.15, -0.1) is 10.2 Å². The first-order chi connectivity index (χ1) is 14.8. The summed E-state index contributed by atoms with van der Waals surface area (Å²) in [6, 6.07) is 11.8. The Kier molecular flexibility index (Phi) is 5.75. The van der Waals surface area contributed by atoms with E-state index in [4.69, 9.17) is 4.98 Å². The fraction of sp³-hybridized carbons (Fsp3) is 0.286. The quantitative estimate of drug-likeness (QED) is 0.514. The van der Waals surface area contributed by atoms with Crippen molar-refractivity contribution in [2.45, 2.75) is 25.9 Å². The fourth-order valence-corrected chi connectivity index (χ4v) is 3.88. The van der Waals surface area contributed by atoms with Crippen molar-refractivity contribution in [3.8, 4) is 0 Å². The van der Waals surface area contributed by atoms with Gasteiger partial charge in [-0.25, -0.2) is 4.39 Å². The first kappa shape index (κ1) is 21.0. The van der Waals surface area contributed by atoms with Gasteiger partial charge in [-0.3, -0.25) is 0 Å². The number of benzene rings is 2. The van der Waals surface area contributed by atoms with Crippen LogP contribution in [-0.4, -0.2) is 52.5 Å².